The fourth-order valence-corrected chi connectivity index (χ4v) is 2.57. The van der Waals surface area contributed by atoms with Gasteiger partial charge >= 0.3 is 0 Å². The Morgan fingerprint density at radius 3 is 3.12 bits per heavy atom. The van der Waals surface area contributed by atoms with Crippen LogP contribution < -0.4 is 5.32 Å². The van der Waals surface area contributed by atoms with Crippen LogP contribution in [0.2, 0.25) is 0 Å². The van der Waals surface area contributed by atoms with Gasteiger partial charge in [0.2, 0.25) is 0 Å². The van der Waals surface area contributed by atoms with Gasteiger partial charge in [-0.1, -0.05) is 13.8 Å². The van der Waals surface area contributed by atoms with Crippen LogP contribution in [0.4, 0.5) is 0 Å². The molecule has 0 bridgehead atoms. The topological polar surface area (TPSA) is 28.4 Å². The number of nitrogens with zero attached hydrogens (tertiary/aromatic N) is 1. The fraction of sp³-hybridized carbons (Fsp3) is 0.714. The van der Waals surface area contributed by atoms with Crippen molar-refractivity contribution < 1.29 is 4.42 Å². The Morgan fingerprint density at radius 2 is 2.41 bits per heavy atom. The third-order valence-corrected chi connectivity index (χ3v) is 3.38. The van der Waals surface area contributed by atoms with Crippen LogP contribution >= 0.6 is 0 Å². The van der Waals surface area contributed by atoms with E-state index in [9.17, 15) is 0 Å². The highest BCUT2D eigenvalue weighted by Crippen LogP contribution is 2.17. The molecule has 96 valence electrons. The Balaban J connectivity index is 1.98. The van der Waals surface area contributed by atoms with Crippen LogP contribution in [0.1, 0.15) is 32.4 Å². The molecule has 1 aromatic rings. The van der Waals surface area contributed by atoms with Gasteiger partial charge < -0.3 is 9.73 Å². The van der Waals surface area contributed by atoms with E-state index in [1.54, 1.807) is 6.26 Å². The van der Waals surface area contributed by atoms with E-state index >= 15 is 0 Å². The zero-order chi connectivity index (χ0) is 12.1. The van der Waals surface area contributed by atoms with Crippen molar-refractivity contribution in [3.05, 3.63) is 24.2 Å². The summed E-state index contributed by atoms with van der Waals surface area (Å²) in [6.45, 7) is 8.98. The molecular formula is C14H24N2O. The lowest BCUT2D eigenvalue weighted by molar-refractivity contribution is 0.165. The molecule has 1 N–H and O–H groups in total. The molecule has 2 heterocycles. The highest BCUT2D eigenvalue weighted by atomic mass is 16.3. The van der Waals surface area contributed by atoms with Gasteiger partial charge in [-0.3, -0.25) is 4.90 Å². The third kappa shape index (κ3) is 3.86. The summed E-state index contributed by atoms with van der Waals surface area (Å²) in [4.78, 5) is 2.57. The maximum atomic E-state index is 5.47. The summed E-state index contributed by atoms with van der Waals surface area (Å²) < 4.78 is 5.47. The SMILES string of the molecule is CC(C)CC1CNCCCN1Cc1ccco1. The molecule has 0 radical (unpaired) electrons. The van der Waals surface area contributed by atoms with Crippen LogP contribution in [0.15, 0.2) is 22.8 Å². The molecule has 0 aromatic carbocycles. The Bertz CT molecular complexity index is 308. The van der Waals surface area contributed by atoms with Gasteiger partial charge in [0.25, 0.3) is 0 Å². The summed E-state index contributed by atoms with van der Waals surface area (Å²) in [5.74, 6) is 1.83. The normalized spacial score (nSPS) is 22.9. The first kappa shape index (κ1) is 12.7. The number of nitrogens with one attached hydrogen (secondary N) is 1. The second-order valence-electron chi connectivity index (χ2n) is 5.39. The lowest BCUT2D eigenvalue weighted by Gasteiger charge is -2.30. The summed E-state index contributed by atoms with van der Waals surface area (Å²) in [5.41, 5.74) is 0. The van der Waals surface area contributed by atoms with Gasteiger partial charge in [-0.2, -0.15) is 0 Å². The Morgan fingerprint density at radius 1 is 1.53 bits per heavy atom. The van der Waals surface area contributed by atoms with Gasteiger partial charge in [0.1, 0.15) is 5.76 Å². The van der Waals surface area contributed by atoms with Crippen LogP contribution in [-0.2, 0) is 6.54 Å². The van der Waals surface area contributed by atoms with E-state index in [1.807, 2.05) is 6.07 Å². The lowest BCUT2D eigenvalue weighted by Crippen LogP contribution is -2.40. The summed E-state index contributed by atoms with van der Waals surface area (Å²) in [6, 6.07) is 4.69. The first-order valence-corrected chi connectivity index (χ1v) is 6.73. The summed E-state index contributed by atoms with van der Waals surface area (Å²) in [7, 11) is 0. The zero-order valence-electron chi connectivity index (χ0n) is 11.0. The van der Waals surface area contributed by atoms with E-state index in [0.29, 0.717) is 6.04 Å². The van der Waals surface area contributed by atoms with Gasteiger partial charge in [0.05, 0.1) is 12.8 Å². The predicted octanol–water partition coefficient (Wildman–Crippen LogP) is 2.49. The van der Waals surface area contributed by atoms with Gasteiger partial charge in [0.15, 0.2) is 0 Å². The average Bonchev–Trinajstić information content (AvgIpc) is 2.69. The molecule has 1 saturated heterocycles. The molecule has 2 rings (SSSR count). The molecule has 1 aliphatic heterocycles. The predicted molar refractivity (Wildman–Crippen MR) is 69.8 cm³/mol. The number of furan rings is 1. The standard InChI is InChI=1S/C14H24N2O/c1-12(2)9-13-10-15-6-4-7-16(13)11-14-5-3-8-17-14/h3,5,8,12-13,15H,4,6-7,9-11H2,1-2H3. The first-order chi connectivity index (χ1) is 8.25. The minimum atomic E-state index is 0.641. The monoisotopic (exact) mass is 236 g/mol. The summed E-state index contributed by atoms with van der Waals surface area (Å²) >= 11 is 0. The molecule has 3 nitrogen and oxygen atoms in total. The lowest BCUT2D eigenvalue weighted by atomic mass is 10.0. The van der Waals surface area contributed by atoms with E-state index in [-0.39, 0.29) is 0 Å². The van der Waals surface area contributed by atoms with Crippen molar-refractivity contribution >= 4 is 0 Å². The van der Waals surface area contributed by atoms with E-state index < -0.39 is 0 Å². The molecular weight excluding hydrogens is 212 g/mol. The van der Waals surface area contributed by atoms with Crippen molar-refractivity contribution in [2.24, 2.45) is 5.92 Å². The van der Waals surface area contributed by atoms with Gasteiger partial charge in [-0.05, 0) is 37.4 Å². The fourth-order valence-electron chi connectivity index (χ4n) is 2.57. The largest absolute Gasteiger partial charge is 0.468 e. The van der Waals surface area contributed by atoms with Crippen molar-refractivity contribution in [3.8, 4) is 0 Å². The van der Waals surface area contributed by atoms with Crippen LogP contribution in [0.3, 0.4) is 0 Å². The Kier molecular flexibility index (Phi) is 4.63. The quantitative estimate of drug-likeness (QED) is 0.870. The molecule has 1 aromatic heterocycles. The molecule has 3 heteroatoms. The number of rotatable bonds is 4. The van der Waals surface area contributed by atoms with Crippen molar-refractivity contribution in [3.63, 3.8) is 0 Å². The Labute approximate surface area is 104 Å². The second-order valence-corrected chi connectivity index (χ2v) is 5.39. The van der Waals surface area contributed by atoms with Crippen LogP contribution in [-0.4, -0.2) is 30.6 Å². The van der Waals surface area contributed by atoms with Crippen LogP contribution in [0, 0.1) is 5.92 Å². The molecule has 1 fully saturated rings. The van der Waals surface area contributed by atoms with Crippen LogP contribution in [0.25, 0.3) is 0 Å². The molecule has 17 heavy (non-hydrogen) atoms. The van der Waals surface area contributed by atoms with Gasteiger partial charge in [-0.15, -0.1) is 0 Å². The highest BCUT2D eigenvalue weighted by molar-refractivity contribution is 4.98. The Hall–Kier alpha value is -0.800. The number of hydrogen-bond donors (Lipinski definition) is 1. The van der Waals surface area contributed by atoms with Gasteiger partial charge in [-0.25, -0.2) is 0 Å². The second kappa shape index (κ2) is 6.22. The molecule has 0 saturated carbocycles. The van der Waals surface area contributed by atoms with E-state index in [4.69, 9.17) is 4.42 Å². The van der Waals surface area contributed by atoms with Crippen molar-refractivity contribution in [1.82, 2.24) is 10.2 Å². The van der Waals surface area contributed by atoms with Gasteiger partial charge in [0, 0.05) is 19.1 Å². The number of hydrogen-bond acceptors (Lipinski definition) is 3. The maximum Gasteiger partial charge on any atom is 0.117 e. The summed E-state index contributed by atoms with van der Waals surface area (Å²) in [6.07, 6.45) is 4.26. The van der Waals surface area contributed by atoms with Crippen molar-refractivity contribution in [1.29, 1.82) is 0 Å². The van der Waals surface area contributed by atoms with E-state index in [0.717, 1.165) is 31.3 Å². The zero-order valence-corrected chi connectivity index (χ0v) is 11.0. The van der Waals surface area contributed by atoms with E-state index in [2.05, 4.69) is 30.1 Å². The molecule has 0 spiro atoms. The molecule has 1 aliphatic rings. The third-order valence-electron chi connectivity index (χ3n) is 3.38. The smallest absolute Gasteiger partial charge is 0.117 e. The maximum absolute atomic E-state index is 5.47. The molecule has 1 unspecified atom stereocenters. The first-order valence-electron chi connectivity index (χ1n) is 6.73. The van der Waals surface area contributed by atoms with E-state index in [1.165, 1.54) is 19.4 Å². The minimum Gasteiger partial charge on any atom is -0.468 e. The molecule has 0 aliphatic carbocycles. The molecule has 1 atom stereocenters. The molecule has 0 amide bonds. The summed E-state index contributed by atoms with van der Waals surface area (Å²) in [5, 5.41) is 3.54. The highest BCUT2D eigenvalue weighted by Gasteiger charge is 2.22. The average molecular weight is 236 g/mol. The van der Waals surface area contributed by atoms with Crippen LogP contribution in [0.5, 0.6) is 0 Å². The minimum absolute atomic E-state index is 0.641. The van der Waals surface area contributed by atoms with Crippen molar-refractivity contribution in [2.75, 3.05) is 19.6 Å². The van der Waals surface area contributed by atoms with Crippen molar-refractivity contribution in [2.45, 2.75) is 39.3 Å².